The molecule has 4 unspecified atom stereocenters. The van der Waals surface area contributed by atoms with Gasteiger partial charge in [0.2, 0.25) is 0 Å². The average molecular weight is 468 g/mol. The summed E-state index contributed by atoms with van der Waals surface area (Å²) in [5.41, 5.74) is 2.38. The van der Waals surface area contributed by atoms with Crippen molar-refractivity contribution >= 4 is 31.9 Å². The highest BCUT2D eigenvalue weighted by atomic mass is 79.9. The van der Waals surface area contributed by atoms with Crippen LogP contribution in [0.1, 0.15) is 36.2 Å². The average Bonchev–Trinajstić information content (AvgIpc) is 3.51. The number of hydrogen-bond acceptors (Lipinski definition) is 3. The van der Waals surface area contributed by atoms with E-state index < -0.39 is 0 Å². The van der Waals surface area contributed by atoms with Gasteiger partial charge < -0.3 is 14.2 Å². The van der Waals surface area contributed by atoms with E-state index in [1.807, 2.05) is 0 Å². The third kappa shape index (κ3) is 5.14. The minimum atomic E-state index is 0.0213. The van der Waals surface area contributed by atoms with Crippen molar-refractivity contribution in [2.75, 3.05) is 13.2 Å². The monoisotopic (exact) mass is 466 g/mol. The van der Waals surface area contributed by atoms with Crippen LogP contribution in [0.3, 0.4) is 0 Å². The maximum Gasteiger partial charge on any atom is 0.0858 e. The van der Waals surface area contributed by atoms with E-state index in [2.05, 4.69) is 80.4 Å². The van der Waals surface area contributed by atoms with Crippen LogP contribution >= 0.6 is 31.9 Å². The van der Waals surface area contributed by atoms with E-state index in [1.165, 1.54) is 11.1 Å². The Hall–Kier alpha value is -0.720. The lowest BCUT2D eigenvalue weighted by Crippen LogP contribution is -2.14. The summed E-state index contributed by atoms with van der Waals surface area (Å²) in [6, 6.07) is 16.8. The molecule has 4 atom stereocenters. The number of rotatable bonds is 8. The zero-order valence-corrected chi connectivity index (χ0v) is 16.9. The number of halogens is 2. The molecule has 4 rings (SSSR count). The lowest BCUT2D eigenvalue weighted by atomic mass is 10.0. The SMILES string of the molecule is Brc1ccc(C(CC2CO2)OC(CC2CO2)c2ccc(Br)cc2)cc1. The van der Waals surface area contributed by atoms with E-state index in [9.17, 15) is 0 Å². The van der Waals surface area contributed by atoms with Gasteiger partial charge in [0.25, 0.3) is 0 Å². The molecule has 0 aromatic heterocycles. The first kappa shape index (κ1) is 17.7. The van der Waals surface area contributed by atoms with Crippen molar-refractivity contribution in [3.05, 3.63) is 68.6 Å². The van der Waals surface area contributed by atoms with Gasteiger partial charge in [-0.1, -0.05) is 56.1 Å². The van der Waals surface area contributed by atoms with E-state index in [1.54, 1.807) is 0 Å². The summed E-state index contributed by atoms with van der Waals surface area (Å²) in [5, 5.41) is 0. The second kappa shape index (κ2) is 7.89. The molecule has 2 aromatic carbocycles. The van der Waals surface area contributed by atoms with Crippen LogP contribution in [0.2, 0.25) is 0 Å². The topological polar surface area (TPSA) is 34.3 Å². The summed E-state index contributed by atoms with van der Waals surface area (Å²) in [6.45, 7) is 1.68. The smallest absolute Gasteiger partial charge is 0.0858 e. The predicted molar refractivity (Wildman–Crippen MR) is 104 cm³/mol. The highest BCUT2D eigenvalue weighted by molar-refractivity contribution is 9.10. The Kier molecular flexibility index (Phi) is 5.58. The first-order valence-corrected chi connectivity index (χ1v) is 10.2. The fourth-order valence-electron chi connectivity index (χ4n) is 2.98. The van der Waals surface area contributed by atoms with Gasteiger partial charge in [-0.3, -0.25) is 0 Å². The van der Waals surface area contributed by atoms with Gasteiger partial charge >= 0.3 is 0 Å². The summed E-state index contributed by atoms with van der Waals surface area (Å²) >= 11 is 7.01. The highest BCUT2D eigenvalue weighted by Gasteiger charge is 2.33. The largest absolute Gasteiger partial charge is 0.373 e. The van der Waals surface area contributed by atoms with Crippen molar-refractivity contribution in [3.8, 4) is 0 Å². The van der Waals surface area contributed by atoms with Crippen molar-refractivity contribution in [2.45, 2.75) is 37.3 Å². The van der Waals surface area contributed by atoms with Crippen LogP contribution in [0, 0.1) is 0 Å². The molecule has 2 aliphatic heterocycles. The Balaban J connectivity index is 1.55. The molecule has 25 heavy (non-hydrogen) atoms. The number of epoxide rings is 2. The van der Waals surface area contributed by atoms with Crippen LogP contribution in [0.5, 0.6) is 0 Å². The first-order chi connectivity index (χ1) is 12.2. The summed E-state index contributed by atoms with van der Waals surface area (Å²) in [7, 11) is 0. The Labute approximate surface area is 164 Å². The fourth-order valence-corrected chi connectivity index (χ4v) is 3.51. The van der Waals surface area contributed by atoms with E-state index >= 15 is 0 Å². The molecule has 2 heterocycles. The van der Waals surface area contributed by atoms with Gasteiger partial charge in [0.05, 0.1) is 37.6 Å². The van der Waals surface area contributed by atoms with Crippen LogP contribution < -0.4 is 0 Å². The third-order valence-electron chi connectivity index (χ3n) is 4.57. The lowest BCUT2D eigenvalue weighted by Gasteiger charge is -2.25. The molecular weight excluding hydrogens is 448 g/mol. The second-order valence-electron chi connectivity index (χ2n) is 6.60. The maximum absolute atomic E-state index is 6.61. The molecule has 3 nitrogen and oxygen atoms in total. The molecular formula is C20H20Br2O3. The number of hydrogen-bond donors (Lipinski definition) is 0. The molecule has 0 spiro atoms. The number of benzene rings is 2. The van der Waals surface area contributed by atoms with Crippen LogP contribution in [-0.4, -0.2) is 25.4 Å². The van der Waals surface area contributed by atoms with Crippen molar-refractivity contribution in [1.29, 1.82) is 0 Å². The molecule has 2 aromatic rings. The Bertz CT molecular complexity index is 632. The quantitative estimate of drug-likeness (QED) is 0.474. The molecule has 0 radical (unpaired) electrons. The molecule has 5 heteroatoms. The zero-order valence-electron chi connectivity index (χ0n) is 13.7. The number of ether oxygens (including phenoxy) is 3. The molecule has 2 fully saturated rings. The molecule has 0 N–H and O–H groups in total. The predicted octanol–water partition coefficient (Wildman–Crippen LogP) is 5.59. The lowest BCUT2D eigenvalue weighted by molar-refractivity contribution is -0.0302. The minimum Gasteiger partial charge on any atom is -0.373 e. The molecule has 0 aliphatic carbocycles. The maximum atomic E-state index is 6.61. The van der Waals surface area contributed by atoms with Crippen LogP contribution in [0.4, 0.5) is 0 Å². The standard InChI is InChI=1S/C20H20Br2O3/c21-15-5-1-13(2-6-15)19(9-17-11-23-17)25-20(10-18-12-24-18)14-3-7-16(22)8-4-14/h1-8,17-20H,9-12H2. The molecule has 2 aliphatic rings. The second-order valence-corrected chi connectivity index (χ2v) is 8.43. The van der Waals surface area contributed by atoms with Crippen molar-refractivity contribution in [3.63, 3.8) is 0 Å². The van der Waals surface area contributed by atoms with Gasteiger partial charge in [-0.25, -0.2) is 0 Å². The van der Waals surface area contributed by atoms with Gasteiger partial charge in [0.1, 0.15) is 0 Å². The third-order valence-corrected chi connectivity index (χ3v) is 5.63. The van der Waals surface area contributed by atoms with Gasteiger partial charge in [-0.15, -0.1) is 0 Å². The van der Waals surface area contributed by atoms with Gasteiger partial charge in [0, 0.05) is 21.8 Å². The van der Waals surface area contributed by atoms with Crippen LogP contribution in [0.15, 0.2) is 57.5 Å². The zero-order chi connectivity index (χ0) is 17.2. The normalized spacial score (nSPS) is 23.9. The molecule has 132 valence electrons. The van der Waals surface area contributed by atoms with Crippen LogP contribution in [0.25, 0.3) is 0 Å². The molecule has 0 bridgehead atoms. The van der Waals surface area contributed by atoms with Crippen molar-refractivity contribution in [1.82, 2.24) is 0 Å². The van der Waals surface area contributed by atoms with Crippen molar-refractivity contribution in [2.24, 2.45) is 0 Å². The van der Waals surface area contributed by atoms with E-state index in [-0.39, 0.29) is 12.2 Å². The van der Waals surface area contributed by atoms with E-state index in [0.29, 0.717) is 12.2 Å². The fraction of sp³-hybridized carbons (Fsp3) is 0.400. The molecule has 0 saturated carbocycles. The van der Waals surface area contributed by atoms with Gasteiger partial charge in [-0.05, 0) is 35.4 Å². The van der Waals surface area contributed by atoms with E-state index in [4.69, 9.17) is 14.2 Å². The minimum absolute atomic E-state index is 0.0213. The highest BCUT2D eigenvalue weighted by Crippen LogP contribution is 2.37. The summed E-state index contributed by atoms with van der Waals surface area (Å²) in [4.78, 5) is 0. The van der Waals surface area contributed by atoms with E-state index in [0.717, 1.165) is 35.0 Å². The Morgan fingerprint density at radius 1 is 0.760 bits per heavy atom. The molecule has 2 saturated heterocycles. The first-order valence-electron chi connectivity index (χ1n) is 8.57. The Morgan fingerprint density at radius 2 is 1.12 bits per heavy atom. The van der Waals surface area contributed by atoms with Gasteiger partial charge in [-0.2, -0.15) is 0 Å². The Morgan fingerprint density at radius 3 is 1.44 bits per heavy atom. The van der Waals surface area contributed by atoms with Crippen LogP contribution in [-0.2, 0) is 14.2 Å². The van der Waals surface area contributed by atoms with Crippen molar-refractivity contribution < 1.29 is 14.2 Å². The summed E-state index contributed by atoms with van der Waals surface area (Å²) in [6.07, 6.45) is 2.45. The summed E-state index contributed by atoms with van der Waals surface area (Å²) < 4.78 is 19.7. The summed E-state index contributed by atoms with van der Waals surface area (Å²) in [5.74, 6) is 0. The molecule has 0 amide bonds. The van der Waals surface area contributed by atoms with Gasteiger partial charge in [0.15, 0.2) is 0 Å².